The maximum Gasteiger partial charge on any atom is 0.154 e. The molecule has 0 saturated carbocycles. The Morgan fingerprint density at radius 1 is 0.692 bits per heavy atom. The molecule has 0 N–H and O–H groups in total. The van der Waals surface area contributed by atoms with Crippen LogP contribution in [-0.2, 0) is 0 Å². The Balaban J connectivity index is 2.12. The van der Waals surface area contributed by atoms with Crippen molar-refractivity contribution in [3.8, 4) is 0 Å². The summed E-state index contributed by atoms with van der Waals surface area (Å²) in [4.78, 5) is 0. The molecule has 1 nitrogen and oxygen atoms in total. The first-order valence-corrected chi connectivity index (χ1v) is 14.0. The van der Waals surface area contributed by atoms with Crippen LogP contribution in [0.5, 0.6) is 0 Å². The summed E-state index contributed by atoms with van der Waals surface area (Å²) in [7, 11) is -2.46. The van der Waals surface area contributed by atoms with Crippen molar-refractivity contribution in [3.05, 3.63) is 91.0 Å². The van der Waals surface area contributed by atoms with E-state index in [1.807, 2.05) is 0 Å². The van der Waals surface area contributed by atoms with Crippen LogP contribution in [0.15, 0.2) is 91.0 Å². The monoisotopic (exact) mass is 393 g/mol. The largest absolute Gasteiger partial charge is 0.360 e. The fraction of sp³-hybridized carbons (Fsp3) is 0.136. The first-order chi connectivity index (χ1) is 12.5. The first kappa shape index (κ1) is 19.0. The van der Waals surface area contributed by atoms with Crippen molar-refractivity contribution >= 4 is 49.4 Å². The van der Waals surface area contributed by atoms with Gasteiger partial charge < -0.3 is 4.57 Å². The molecule has 0 atom stereocenters. The van der Waals surface area contributed by atoms with Gasteiger partial charge in [0.1, 0.15) is 4.73 Å². The number of anilines is 1. The molecule has 0 bridgehead atoms. The summed E-state index contributed by atoms with van der Waals surface area (Å²) in [6.07, 6.45) is 0. The van der Waals surface area contributed by atoms with E-state index in [9.17, 15) is 0 Å². The molecular formula is C22H24NPSSi. The first-order valence-electron chi connectivity index (χ1n) is 8.78. The lowest BCUT2D eigenvalue weighted by Crippen LogP contribution is -2.50. The molecule has 0 saturated heterocycles. The van der Waals surface area contributed by atoms with Crippen molar-refractivity contribution in [2.45, 2.75) is 19.6 Å². The van der Waals surface area contributed by atoms with E-state index in [2.05, 4.69) is 115 Å². The minimum absolute atomic E-state index is 0.747. The summed E-state index contributed by atoms with van der Waals surface area (Å²) >= 11 is 6.18. The minimum Gasteiger partial charge on any atom is -0.360 e. The normalized spacial score (nSPS) is 11.4. The van der Waals surface area contributed by atoms with Crippen molar-refractivity contribution in [2.75, 3.05) is 4.57 Å². The third-order valence-corrected chi connectivity index (χ3v) is 9.21. The van der Waals surface area contributed by atoms with Crippen molar-refractivity contribution in [3.63, 3.8) is 0 Å². The lowest BCUT2D eigenvalue weighted by molar-refractivity contribution is 1.42. The van der Waals surface area contributed by atoms with Crippen molar-refractivity contribution in [1.82, 2.24) is 0 Å². The van der Waals surface area contributed by atoms with Crippen LogP contribution in [0.3, 0.4) is 0 Å². The van der Waals surface area contributed by atoms with Gasteiger partial charge in [0.2, 0.25) is 0 Å². The van der Waals surface area contributed by atoms with E-state index >= 15 is 0 Å². The highest BCUT2D eigenvalue weighted by atomic mass is 32.1. The summed E-state index contributed by atoms with van der Waals surface area (Å²) in [5.74, 6) is 0. The Morgan fingerprint density at radius 3 is 1.46 bits per heavy atom. The SMILES string of the molecule is C[Si](C)(C)N(C(=S)P(c1ccccc1)c1ccccc1)c1ccccc1. The highest BCUT2D eigenvalue weighted by molar-refractivity contribution is 8.05. The molecule has 0 unspecified atom stereocenters. The fourth-order valence-electron chi connectivity index (χ4n) is 2.99. The van der Waals surface area contributed by atoms with Gasteiger partial charge in [-0.25, -0.2) is 0 Å². The van der Waals surface area contributed by atoms with Crippen LogP contribution in [0.1, 0.15) is 0 Å². The van der Waals surface area contributed by atoms with E-state index in [0.717, 1.165) is 4.73 Å². The average Bonchev–Trinajstić information content (AvgIpc) is 2.63. The van der Waals surface area contributed by atoms with Crippen LogP contribution in [0, 0.1) is 0 Å². The Bertz CT molecular complexity index is 808. The second-order valence-electron chi connectivity index (χ2n) is 7.13. The van der Waals surface area contributed by atoms with Crippen LogP contribution >= 0.6 is 20.1 Å². The van der Waals surface area contributed by atoms with Crippen molar-refractivity contribution in [2.24, 2.45) is 0 Å². The smallest absolute Gasteiger partial charge is 0.154 e. The van der Waals surface area contributed by atoms with Gasteiger partial charge >= 0.3 is 0 Å². The Hall–Kier alpha value is -1.80. The van der Waals surface area contributed by atoms with Crippen LogP contribution in [-0.4, -0.2) is 13.0 Å². The van der Waals surface area contributed by atoms with Gasteiger partial charge in [0.25, 0.3) is 0 Å². The number of para-hydroxylation sites is 1. The molecular weight excluding hydrogens is 369 g/mol. The topological polar surface area (TPSA) is 3.24 Å². The molecule has 0 heterocycles. The molecule has 0 aliphatic carbocycles. The third-order valence-electron chi connectivity index (χ3n) is 4.10. The molecule has 132 valence electrons. The van der Waals surface area contributed by atoms with Gasteiger partial charge in [-0.3, -0.25) is 0 Å². The highest BCUT2D eigenvalue weighted by Crippen LogP contribution is 2.40. The van der Waals surface area contributed by atoms with Gasteiger partial charge in [-0.1, -0.05) is 111 Å². The van der Waals surface area contributed by atoms with Crippen LogP contribution in [0.2, 0.25) is 19.6 Å². The number of benzene rings is 3. The fourth-order valence-corrected chi connectivity index (χ4v) is 9.24. The lowest BCUT2D eigenvalue weighted by atomic mass is 10.3. The summed E-state index contributed by atoms with van der Waals surface area (Å²) in [6.45, 7) is 7.07. The zero-order chi connectivity index (χ0) is 18.6. The standard InChI is InChI=1S/C22H24NPSSi/c1-26(2,3)23(19-13-7-4-8-14-19)22(25)24(20-15-9-5-10-16-20)21-17-11-6-12-18-21/h4-18H,1-3H3. The van der Waals surface area contributed by atoms with E-state index in [-0.39, 0.29) is 0 Å². The quantitative estimate of drug-likeness (QED) is 0.309. The zero-order valence-electron chi connectivity index (χ0n) is 15.5. The number of nitrogens with zero attached hydrogens (tertiary/aromatic N) is 1. The summed E-state index contributed by atoms with van der Waals surface area (Å²) in [5, 5.41) is 2.61. The van der Waals surface area contributed by atoms with Gasteiger partial charge in [0, 0.05) is 13.6 Å². The minimum atomic E-state index is -1.71. The van der Waals surface area contributed by atoms with Gasteiger partial charge in [-0.15, -0.1) is 0 Å². The maximum absolute atomic E-state index is 6.18. The molecule has 0 spiro atoms. The number of hydrogen-bond donors (Lipinski definition) is 0. The van der Waals surface area contributed by atoms with E-state index in [1.165, 1.54) is 16.3 Å². The molecule has 3 aromatic carbocycles. The number of hydrogen-bond acceptors (Lipinski definition) is 1. The Kier molecular flexibility index (Phi) is 6.03. The molecule has 4 heteroatoms. The summed E-state index contributed by atoms with van der Waals surface area (Å²) < 4.78 is 3.50. The highest BCUT2D eigenvalue weighted by Gasteiger charge is 2.32. The maximum atomic E-state index is 6.18. The lowest BCUT2D eigenvalue weighted by Gasteiger charge is -2.39. The van der Waals surface area contributed by atoms with Crippen LogP contribution < -0.4 is 15.2 Å². The van der Waals surface area contributed by atoms with Gasteiger partial charge in [0.15, 0.2) is 8.24 Å². The molecule has 0 amide bonds. The van der Waals surface area contributed by atoms with Crippen LogP contribution in [0.25, 0.3) is 0 Å². The third kappa shape index (κ3) is 4.29. The second kappa shape index (κ2) is 8.26. The summed E-state index contributed by atoms with van der Waals surface area (Å²) in [6, 6.07) is 32.0. The molecule has 3 aromatic rings. The summed E-state index contributed by atoms with van der Waals surface area (Å²) in [5.41, 5.74) is 1.20. The molecule has 0 aliphatic heterocycles. The average molecular weight is 394 g/mol. The number of thiocarbonyl (C=S) groups is 1. The van der Waals surface area contributed by atoms with E-state index in [4.69, 9.17) is 12.2 Å². The molecule has 0 radical (unpaired) electrons. The van der Waals surface area contributed by atoms with Crippen molar-refractivity contribution < 1.29 is 0 Å². The van der Waals surface area contributed by atoms with Gasteiger partial charge in [-0.05, 0) is 22.7 Å². The van der Waals surface area contributed by atoms with Gasteiger partial charge in [-0.2, -0.15) is 0 Å². The zero-order valence-corrected chi connectivity index (χ0v) is 18.2. The molecule has 26 heavy (non-hydrogen) atoms. The van der Waals surface area contributed by atoms with Crippen molar-refractivity contribution in [1.29, 1.82) is 0 Å². The Morgan fingerprint density at radius 2 is 1.08 bits per heavy atom. The van der Waals surface area contributed by atoms with Crippen LogP contribution in [0.4, 0.5) is 5.69 Å². The Labute approximate surface area is 164 Å². The predicted octanol–water partition coefficient (Wildman–Crippen LogP) is 5.75. The molecule has 0 aromatic heterocycles. The van der Waals surface area contributed by atoms with E-state index < -0.39 is 16.2 Å². The van der Waals surface area contributed by atoms with Gasteiger partial charge in [0.05, 0.1) is 0 Å². The second-order valence-corrected chi connectivity index (χ2v) is 14.7. The molecule has 0 aliphatic rings. The molecule has 0 fully saturated rings. The molecule has 3 rings (SSSR count). The predicted molar refractivity (Wildman–Crippen MR) is 124 cm³/mol. The number of rotatable bonds is 5. The van der Waals surface area contributed by atoms with E-state index in [1.54, 1.807) is 0 Å². The van der Waals surface area contributed by atoms with E-state index in [0.29, 0.717) is 0 Å².